The van der Waals surface area contributed by atoms with E-state index in [1.54, 1.807) is 18.5 Å². The Labute approximate surface area is 110 Å². The fourth-order valence-corrected chi connectivity index (χ4v) is 2.03. The molecule has 2 atom stereocenters. The molecule has 0 amide bonds. The number of nitrogens with two attached hydrogens (primary N) is 1. The minimum absolute atomic E-state index is 0.0515. The number of hydrogen-bond acceptors (Lipinski definition) is 4. The molecule has 4 N–H and O–H groups in total. The summed E-state index contributed by atoms with van der Waals surface area (Å²) in [6.07, 6.45) is 0.997. The zero-order chi connectivity index (χ0) is 14.0. The number of nitrogens with zero attached hydrogens (tertiary/aromatic N) is 2. The van der Waals surface area contributed by atoms with Crippen LogP contribution in [-0.4, -0.2) is 31.8 Å². The number of rotatable bonds is 5. The first-order valence-electron chi connectivity index (χ1n) is 6.05. The quantitative estimate of drug-likeness (QED) is 0.740. The van der Waals surface area contributed by atoms with Gasteiger partial charge in [0.15, 0.2) is 0 Å². The van der Waals surface area contributed by atoms with Crippen LogP contribution >= 0.6 is 0 Å². The predicted octanol–water partition coefficient (Wildman–Crippen LogP) is 0.799. The number of aliphatic carboxylic acids is 1. The van der Waals surface area contributed by atoms with Gasteiger partial charge in [-0.25, -0.2) is 4.98 Å². The van der Waals surface area contributed by atoms with Crippen LogP contribution in [-0.2, 0) is 11.8 Å². The highest BCUT2D eigenvalue weighted by molar-refractivity contribution is 5.76. The molecule has 2 aromatic rings. The Morgan fingerprint density at radius 1 is 1.53 bits per heavy atom. The summed E-state index contributed by atoms with van der Waals surface area (Å²) in [4.78, 5) is 14.7. The van der Waals surface area contributed by atoms with Crippen LogP contribution < -0.4 is 5.73 Å². The topological polar surface area (TPSA) is 101 Å². The Balaban J connectivity index is 2.16. The summed E-state index contributed by atoms with van der Waals surface area (Å²) < 4.78 is 1.88. The van der Waals surface area contributed by atoms with Gasteiger partial charge in [-0.3, -0.25) is 4.79 Å². The molecule has 0 fully saturated rings. The molecule has 0 bridgehead atoms. The van der Waals surface area contributed by atoms with Crippen molar-refractivity contribution in [1.29, 1.82) is 0 Å². The first kappa shape index (κ1) is 13.5. The summed E-state index contributed by atoms with van der Waals surface area (Å²) in [6, 6.07) is 4.83. The molecule has 0 saturated heterocycles. The molecule has 0 saturated carbocycles. The van der Waals surface area contributed by atoms with Gasteiger partial charge in [0.2, 0.25) is 0 Å². The van der Waals surface area contributed by atoms with Gasteiger partial charge in [0.25, 0.3) is 0 Å². The third-order valence-electron chi connectivity index (χ3n) is 3.19. The number of carboxylic acid groups (broad SMARTS) is 1. The molecular formula is C13H17N3O3. The van der Waals surface area contributed by atoms with Crippen molar-refractivity contribution in [2.24, 2.45) is 12.8 Å². The van der Waals surface area contributed by atoms with Crippen LogP contribution in [0.15, 0.2) is 24.5 Å². The number of aliphatic hydroxyl groups is 1. The van der Waals surface area contributed by atoms with Gasteiger partial charge in [-0.15, -0.1) is 0 Å². The highest BCUT2D eigenvalue weighted by Crippen LogP contribution is 2.22. The molecule has 6 heteroatoms. The molecule has 2 rings (SSSR count). The van der Waals surface area contributed by atoms with Crippen molar-refractivity contribution in [3.63, 3.8) is 0 Å². The lowest BCUT2D eigenvalue weighted by molar-refractivity contribution is -0.137. The maximum Gasteiger partial charge on any atom is 0.303 e. The normalized spacial score (nSPS) is 14.5. The number of aliphatic hydroxyl groups excluding tert-OH is 1. The van der Waals surface area contributed by atoms with Gasteiger partial charge in [-0.2, -0.15) is 0 Å². The molecule has 0 aliphatic heterocycles. The van der Waals surface area contributed by atoms with Crippen LogP contribution in [0.5, 0.6) is 0 Å². The summed E-state index contributed by atoms with van der Waals surface area (Å²) >= 11 is 0. The zero-order valence-electron chi connectivity index (χ0n) is 10.7. The number of benzene rings is 1. The Morgan fingerprint density at radius 2 is 2.26 bits per heavy atom. The minimum atomic E-state index is -0.914. The Hall–Kier alpha value is -1.92. The monoisotopic (exact) mass is 263 g/mol. The lowest BCUT2D eigenvalue weighted by Crippen LogP contribution is -2.29. The maximum atomic E-state index is 10.5. The number of fused-ring (bicyclic) bond motifs is 1. The predicted molar refractivity (Wildman–Crippen MR) is 70.5 cm³/mol. The van der Waals surface area contributed by atoms with Gasteiger partial charge in [-0.1, -0.05) is 6.07 Å². The first-order valence-corrected chi connectivity index (χ1v) is 6.05. The fourth-order valence-electron chi connectivity index (χ4n) is 2.03. The molecule has 2 unspecified atom stereocenters. The molecular weight excluding hydrogens is 246 g/mol. The molecule has 19 heavy (non-hydrogen) atoms. The largest absolute Gasteiger partial charge is 0.481 e. The Kier molecular flexibility index (Phi) is 3.82. The van der Waals surface area contributed by atoms with E-state index in [-0.39, 0.29) is 12.8 Å². The first-order chi connectivity index (χ1) is 8.99. The number of carboxylic acids is 1. The average molecular weight is 263 g/mol. The number of carbonyl (C=O) groups is 1. The van der Waals surface area contributed by atoms with E-state index < -0.39 is 18.1 Å². The Bertz CT molecular complexity index is 594. The van der Waals surface area contributed by atoms with Crippen molar-refractivity contribution >= 4 is 17.0 Å². The van der Waals surface area contributed by atoms with Crippen molar-refractivity contribution in [2.45, 2.75) is 25.0 Å². The number of hydrogen-bond donors (Lipinski definition) is 3. The van der Waals surface area contributed by atoms with Gasteiger partial charge in [0, 0.05) is 19.5 Å². The lowest BCUT2D eigenvalue weighted by Gasteiger charge is -2.18. The molecule has 0 spiro atoms. The smallest absolute Gasteiger partial charge is 0.303 e. The highest BCUT2D eigenvalue weighted by atomic mass is 16.4. The van der Waals surface area contributed by atoms with E-state index in [0.29, 0.717) is 5.56 Å². The van der Waals surface area contributed by atoms with E-state index in [0.717, 1.165) is 11.0 Å². The van der Waals surface area contributed by atoms with E-state index in [1.807, 2.05) is 17.7 Å². The summed E-state index contributed by atoms with van der Waals surface area (Å²) in [5.41, 5.74) is 8.21. The molecule has 102 valence electrons. The highest BCUT2D eigenvalue weighted by Gasteiger charge is 2.18. The summed E-state index contributed by atoms with van der Waals surface area (Å²) in [5.74, 6) is -0.914. The van der Waals surface area contributed by atoms with Gasteiger partial charge in [-0.05, 0) is 24.1 Å². The van der Waals surface area contributed by atoms with Gasteiger partial charge in [0.05, 0.1) is 23.5 Å². The van der Waals surface area contributed by atoms with Crippen LogP contribution in [0.3, 0.4) is 0 Å². The van der Waals surface area contributed by atoms with Crippen molar-refractivity contribution in [2.75, 3.05) is 0 Å². The van der Waals surface area contributed by atoms with Crippen LogP contribution in [0.4, 0.5) is 0 Å². The second-order valence-corrected chi connectivity index (χ2v) is 4.64. The van der Waals surface area contributed by atoms with Crippen LogP contribution in [0.25, 0.3) is 11.0 Å². The molecule has 0 aliphatic rings. The second-order valence-electron chi connectivity index (χ2n) is 4.64. The van der Waals surface area contributed by atoms with E-state index in [1.165, 1.54) is 0 Å². The molecule has 0 radical (unpaired) electrons. The van der Waals surface area contributed by atoms with Crippen molar-refractivity contribution < 1.29 is 15.0 Å². The SMILES string of the molecule is Cn1cnc2cc(C(O)C(N)CCC(=O)O)ccc21. The zero-order valence-corrected chi connectivity index (χ0v) is 10.7. The van der Waals surface area contributed by atoms with E-state index >= 15 is 0 Å². The second kappa shape index (κ2) is 5.38. The van der Waals surface area contributed by atoms with Crippen LogP contribution in [0.2, 0.25) is 0 Å². The molecule has 1 heterocycles. The average Bonchev–Trinajstić information content (AvgIpc) is 2.76. The summed E-state index contributed by atoms with van der Waals surface area (Å²) in [7, 11) is 1.89. The lowest BCUT2D eigenvalue weighted by atomic mass is 9.99. The summed E-state index contributed by atoms with van der Waals surface area (Å²) in [5, 5.41) is 18.7. The van der Waals surface area contributed by atoms with Crippen molar-refractivity contribution in [3.8, 4) is 0 Å². The van der Waals surface area contributed by atoms with E-state index in [9.17, 15) is 9.90 Å². The van der Waals surface area contributed by atoms with E-state index in [4.69, 9.17) is 10.8 Å². The minimum Gasteiger partial charge on any atom is -0.481 e. The van der Waals surface area contributed by atoms with Gasteiger partial charge < -0.3 is 20.5 Å². The fraction of sp³-hybridized carbons (Fsp3) is 0.385. The Morgan fingerprint density at radius 3 is 2.95 bits per heavy atom. The standard InChI is InChI=1S/C13H17N3O3/c1-16-7-15-10-6-8(2-4-11(10)16)13(19)9(14)3-5-12(17)18/h2,4,6-7,9,13,19H,3,5,14H2,1H3,(H,17,18). The number of aryl methyl sites for hydroxylation is 1. The molecule has 1 aromatic heterocycles. The van der Waals surface area contributed by atoms with Crippen LogP contribution in [0.1, 0.15) is 24.5 Å². The van der Waals surface area contributed by atoms with Gasteiger partial charge >= 0.3 is 5.97 Å². The molecule has 1 aromatic carbocycles. The number of imidazole rings is 1. The van der Waals surface area contributed by atoms with Crippen molar-refractivity contribution in [1.82, 2.24) is 9.55 Å². The van der Waals surface area contributed by atoms with Gasteiger partial charge in [0.1, 0.15) is 0 Å². The maximum absolute atomic E-state index is 10.5. The summed E-state index contributed by atoms with van der Waals surface area (Å²) in [6.45, 7) is 0. The third-order valence-corrected chi connectivity index (χ3v) is 3.19. The third kappa shape index (κ3) is 2.91. The molecule has 6 nitrogen and oxygen atoms in total. The van der Waals surface area contributed by atoms with E-state index in [2.05, 4.69) is 4.98 Å². The van der Waals surface area contributed by atoms with Crippen molar-refractivity contribution in [3.05, 3.63) is 30.1 Å². The number of aromatic nitrogens is 2. The van der Waals surface area contributed by atoms with Crippen LogP contribution in [0, 0.1) is 0 Å². The molecule has 0 aliphatic carbocycles.